The van der Waals surface area contributed by atoms with Gasteiger partial charge in [0.25, 0.3) is 5.91 Å². The van der Waals surface area contributed by atoms with Crippen LogP contribution in [0.4, 0.5) is 13.2 Å². The van der Waals surface area contributed by atoms with Crippen LogP contribution in [0.5, 0.6) is 0 Å². The summed E-state index contributed by atoms with van der Waals surface area (Å²) < 4.78 is 37.9. The summed E-state index contributed by atoms with van der Waals surface area (Å²) in [5.41, 5.74) is 1.59. The van der Waals surface area contributed by atoms with Crippen molar-refractivity contribution in [1.82, 2.24) is 15.5 Å². The van der Waals surface area contributed by atoms with E-state index >= 15 is 0 Å². The number of amides is 1. The molecule has 164 valence electrons. The van der Waals surface area contributed by atoms with Gasteiger partial charge in [0.05, 0.1) is 12.1 Å². The van der Waals surface area contributed by atoms with Crippen LogP contribution in [0.3, 0.4) is 0 Å². The van der Waals surface area contributed by atoms with Crippen LogP contribution in [-0.4, -0.2) is 37.4 Å². The molecule has 9 heteroatoms. The number of halogens is 4. The van der Waals surface area contributed by atoms with E-state index < -0.39 is 11.7 Å². The number of hydrogen-bond acceptors (Lipinski definition) is 2. The number of aliphatic imine (C=N–C) groups is 1. The minimum absolute atomic E-state index is 0. The Kier molecular flexibility index (Phi) is 10.1. The lowest BCUT2D eigenvalue weighted by atomic mass is 10.1. The van der Waals surface area contributed by atoms with Crippen LogP contribution in [0.15, 0.2) is 53.5 Å². The number of alkyl halides is 3. The number of carbonyl (C=O) groups excluding carboxylic acids is 1. The lowest BCUT2D eigenvalue weighted by Crippen LogP contribution is -2.36. The molecule has 2 N–H and O–H groups in total. The third-order valence-corrected chi connectivity index (χ3v) is 4.11. The van der Waals surface area contributed by atoms with Crippen LogP contribution in [-0.2, 0) is 19.3 Å². The van der Waals surface area contributed by atoms with Gasteiger partial charge in [-0.05, 0) is 42.3 Å². The van der Waals surface area contributed by atoms with Gasteiger partial charge in [-0.3, -0.25) is 4.79 Å². The zero-order valence-corrected chi connectivity index (χ0v) is 19.4. The number of nitrogens with one attached hydrogen (secondary N) is 2. The van der Waals surface area contributed by atoms with E-state index in [-0.39, 0.29) is 29.9 Å². The Morgan fingerprint density at radius 2 is 1.53 bits per heavy atom. The number of guanidine groups is 1. The fourth-order valence-electron chi connectivity index (χ4n) is 2.52. The Morgan fingerprint density at radius 3 is 2.03 bits per heavy atom. The molecule has 2 aromatic carbocycles. The van der Waals surface area contributed by atoms with Gasteiger partial charge in [0, 0.05) is 32.7 Å². The molecule has 0 aromatic heterocycles. The van der Waals surface area contributed by atoms with Crippen molar-refractivity contribution in [1.29, 1.82) is 0 Å². The van der Waals surface area contributed by atoms with E-state index in [9.17, 15) is 18.0 Å². The highest BCUT2D eigenvalue weighted by molar-refractivity contribution is 14.0. The van der Waals surface area contributed by atoms with Crippen LogP contribution < -0.4 is 10.6 Å². The van der Waals surface area contributed by atoms with Gasteiger partial charge in [-0.2, -0.15) is 13.2 Å². The summed E-state index contributed by atoms with van der Waals surface area (Å²) in [5.74, 6) is 0.493. The molecular formula is C21H26F3IN4O. The van der Waals surface area contributed by atoms with E-state index in [0.29, 0.717) is 31.2 Å². The molecule has 30 heavy (non-hydrogen) atoms. The molecule has 0 radical (unpaired) electrons. The average molecular weight is 534 g/mol. The number of nitrogens with zero attached hydrogens (tertiary/aromatic N) is 2. The lowest BCUT2D eigenvalue weighted by molar-refractivity contribution is -0.137. The van der Waals surface area contributed by atoms with Gasteiger partial charge in [0.2, 0.25) is 0 Å². The normalized spacial score (nSPS) is 11.5. The second-order valence-electron chi connectivity index (χ2n) is 6.64. The van der Waals surface area contributed by atoms with Crippen molar-refractivity contribution in [2.45, 2.75) is 26.2 Å². The molecule has 2 rings (SSSR count). The molecule has 0 saturated heterocycles. The summed E-state index contributed by atoms with van der Waals surface area (Å²) in [6, 6.07) is 12.2. The van der Waals surface area contributed by atoms with Crippen LogP contribution >= 0.6 is 24.0 Å². The third-order valence-electron chi connectivity index (χ3n) is 4.11. The summed E-state index contributed by atoms with van der Waals surface area (Å²) in [5, 5.41) is 6.21. The number of benzene rings is 2. The maximum Gasteiger partial charge on any atom is 0.416 e. The minimum atomic E-state index is -4.34. The standard InChI is InChI=1S/C21H25F3N4O.HI/c1-4-25-20(27-14-16-7-11-18(12-8-16)21(22,23)24)26-13-15-5-9-17(10-6-15)19(29)28(2)3;/h5-12H,4,13-14H2,1-3H3,(H2,25,26,27);1H. The molecule has 2 aromatic rings. The zero-order chi connectivity index (χ0) is 21.4. The molecule has 5 nitrogen and oxygen atoms in total. The molecule has 0 atom stereocenters. The maximum absolute atomic E-state index is 12.6. The first-order valence-corrected chi connectivity index (χ1v) is 9.19. The van der Waals surface area contributed by atoms with Crippen molar-refractivity contribution >= 4 is 35.8 Å². The summed E-state index contributed by atoms with van der Waals surface area (Å²) in [4.78, 5) is 17.9. The van der Waals surface area contributed by atoms with Crippen LogP contribution in [0.25, 0.3) is 0 Å². The van der Waals surface area contributed by atoms with Gasteiger partial charge in [-0.25, -0.2) is 4.99 Å². The molecule has 0 saturated carbocycles. The van der Waals surface area contributed by atoms with E-state index in [0.717, 1.165) is 23.3 Å². The fraction of sp³-hybridized carbons (Fsp3) is 0.333. The highest BCUT2D eigenvalue weighted by Gasteiger charge is 2.29. The topological polar surface area (TPSA) is 56.7 Å². The molecule has 0 aliphatic carbocycles. The highest BCUT2D eigenvalue weighted by atomic mass is 127. The Morgan fingerprint density at radius 1 is 0.967 bits per heavy atom. The van der Waals surface area contributed by atoms with Gasteiger partial charge < -0.3 is 15.5 Å². The van der Waals surface area contributed by atoms with Crippen LogP contribution in [0.1, 0.15) is 34.0 Å². The third kappa shape index (κ3) is 7.85. The predicted octanol–water partition coefficient (Wildman–Crippen LogP) is 4.28. The molecular weight excluding hydrogens is 508 g/mol. The average Bonchev–Trinajstić information content (AvgIpc) is 2.69. The van der Waals surface area contributed by atoms with Crippen molar-refractivity contribution in [2.75, 3.05) is 20.6 Å². The van der Waals surface area contributed by atoms with Crippen molar-refractivity contribution in [2.24, 2.45) is 4.99 Å². The molecule has 0 fully saturated rings. The summed E-state index contributed by atoms with van der Waals surface area (Å²) in [6.45, 7) is 3.32. The predicted molar refractivity (Wildman–Crippen MR) is 123 cm³/mol. The first-order chi connectivity index (χ1) is 13.7. The molecule has 0 unspecified atom stereocenters. The van der Waals surface area contributed by atoms with E-state index in [4.69, 9.17) is 0 Å². The fourth-order valence-corrected chi connectivity index (χ4v) is 2.52. The molecule has 0 aliphatic heterocycles. The number of rotatable bonds is 6. The first kappa shape index (κ1) is 25.7. The van der Waals surface area contributed by atoms with Gasteiger partial charge >= 0.3 is 6.18 Å². The molecule has 1 amide bonds. The number of hydrogen-bond donors (Lipinski definition) is 2. The quantitative estimate of drug-likeness (QED) is 0.331. The van der Waals surface area contributed by atoms with Gasteiger partial charge in [-0.1, -0.05) is 24.3 Å². The minimum Gasteiger partial charge on any atom is -0.357 e. The zero-order valence-electron chi connectivity index (χ0n) is 17.1. The SMILES string of the molecule is CCNC(=NCc1ccc(C(=O)N(C)C)cc1)NCc1ccc(C(F)(F)F)cc1.I. The largest absolute Gasteiger partial charge is 0.416 e. The van der Waals surface area contributed by atoms with Crippen molar-refractivity contribution in [3.63, 3.8) is 0 Å². The second-order valence-corrected chi connectivity index (χ2v) is 6.64. The van der Waals surface area contributed by atoms with Crippen LogP contribution in [0, 0.1) is 0 Å². The summed E-state index contributed by atoms with van der Waals surface area (Å²) >= 11 is 0. The first-order valence-electron chi connectivity index (χ1n) is 9.19. The number of carbonyl (C=O) groups is 1. The van der Waals surface area contributed by atoms with Crippen molar-refractivity contribution in [3.8, 4) is 0 Å². The second kappa shape index (κ2) is 11.8. The maximum atomic E-state index is 12.6. The summed E-state index contributed by atoms with van der Waals surface area (Å²) in [6.07, 6.45) is -4.34. The van der Waals surface area contributed by atoms with E-state index in [2.05, 4.69) is 15.6 Å². The summed E-state index contributed by atoms with van der Waals surface area (Å²) in [7, 11) is 3.40. The van der Waals surface area contributed by atoms with Gasteiger partial charge in [0.15, 0.2) is 5.96 Å². The monoisotopic (exact) mass is 534 g/mol. The molecule has 0 bridgehead atoms. The highest BCUT2D eigenvalue weighted by Crippen LogP contribution is 2.29. The van der Waals surface area contributed by atoms with Crippen molar-refractivity contribution in [3.05, 3.63) is 70.8 Å². The Labute approximate surface area is 191 Å². The van der Waals surface area contributed by atoms with E-state index in [1.54, 1.807) is 26.2 Å². The smallest absolute Gasteiger partial charge is 0.357 e. The Balaban J connectivity index is 0.00000450. The molecule has 0 heterocycles. The van der Waals surface area contributed by atoms with Gasteiger partial charge in [-0.15, -0.1) is 24.0 Å². The lowest BCUT2D eigenvalue weighted by Gasteiger charge is -2.13. The Hall–Kier alpha value is -2.30. The van der Waals surface area contributed by atoms with E-state index in [1.165, 1.54) is 17.0 Å². The van der Waals surface area contributed by atoms with Gasteiger partial charge in [0.1, 0.15) is 0 Å². The molecule has 0 aliphatic rings. The van der Waals surface area contributed by atoms with Crippen molar-refractivity contribution < 1.29 is 18.0 Å². The Bertz CT molecular complexity index is 835. The van der Waals surface area contributed by atoms with E-state index in [1.807, 2.05) is 19.1 Å². The molecule has 0 spiro atoms. The van der Waals surface area contributed by atoms with Crippen LogP contribution in [0.2, 0.25) is 0 Å².